The summed E-state index contributed by atoms with van der Waals surface area (Å²) in [5.74, 6) is 1.13. The second-order valence-electron chi connectivity index (χ2n) is 4.46. The SMILES string of the molecule is O=c1[nH]nc(-c2ccccc2)cc1CC1=CCCS1. The van der Waals surface area contributed by atoms with Crippen LogP contribution in [0.2, 0.25) is 0 Å². The maximum atomic E-state index is 11.8. The topological polar surface area (TPSA) is 45.8 Å². The van der Waals surface area contributed by atoms with Gasteiger partial charge in [0, 0.05) is 23.3 Å². The van der Waals surface area contributed by atoms with Gasteiger partial charge in [0.25, 0.3) is 5.56 Å². The molecule has 2 heterocycles. The summed E-state index contributed by atoms with van der Waals surface area (Å²) in [6.45, 7) is 0. The molecule has 1 N–H and O–H groups in total. The van der Waals surface area contributed by atoms with E-state index in [1.807, 2.05) is 48.2 Å². The molecule has 0 bridgehead atoms. The summed E-state index contributed by atoms with van der Waals surface area (Å²) in [4.78, 5) is 13.1. The summed E-state index contributed by atoms with van der Waals surface area (Å²) in [6.07, 6.45) is 4.03. The quantitative estimate of drug-likeness (QED) is 0.932. The molecule has 1 aliphatic heterocycles. The van der Waals surface area contributed by atoms with Gasteiger partial charge in [-0.1, -0.05) is 36.4 Å². The molecule has 3 rings (SSSR count). The molecule has 2 aromatic rings. The highest BCUT2D eigenvalue weighted by atomic mass is 32.2. The molecule has 0 fully saturated rings. The van der Waals surface area contributed by atoms with Crippen LogP contribution in [0.5, 0.6) is 0 Å². The Labute approximate surface area is 115 Å². The van der Waals surface area contributed by atoms with Crippen LogP contribution in [0.25, 0.3) is 11.3 Å². The number of hydrogen-bond donors (Lipinski definition) is 1. The van der Waals surface area contributed by atoms with Gasteiger partial charge in [-0.05, 0) is 17.4 Å². The van der Waals surface area contributed by atoms with E-state index in [0.717, 1.165) is 29.0 Å². The Balaban J connectivity index is 1.94. The lowest BCUT2D eigenvalue weighted by atomic mass is 10.1. The van der Waals surface area contributed by atoms with Crippen molar-refractivity contribution in [2.75, 3.05) is 5.75 Å². The van der Waals surface area contributed by atoms with Crippen LogP contribution in [0.3, 0.4) is 0 Å². The fourth-order valence-electron chi connectivity index (χ4n) is 2.11. The third kappa shape index (κ3) is 2.79. The number of thioether (sulfide) groups is 1. The van der Waals surface area contributed by atoms with Gasteiger partial charge in [0.1, 0.15) is 0 Å². The number of nitrogens with one attached hydrogen (secondary N) is 1. The van der Waals surface area contributed by atoms with Gasteiger partial charge in [-0.25, -0.2) is 5.10 Å². The number of nitrogens with zero attached hydrogens (tertiary/aromatic N) is 1. The van der Waals surface area contributed by atoms with Crippen molar-refractivity contribution in [2.45, 2.75) is 12.8 Å². The molecule has 1 aromatic carbocycles. The Morgan fingerprint density at radius 2 is 2.11 bits per heavy atom. The van der Waals surface area contributed by atoms with Crippen LogP contribution < -0.4 is 5.56 Å². The standard InChI is InChI=1S/C15H14N2OS/c18-15-12(9-13-7-4-8-19-13)10-14(16-17-15)11-5-2-1-3-6-11/h1-3,5-7,10H,4,8-9H2,(H,17,18). The molecular weight excluding hydrogens is 256 g/mol. The molecule has 0 unspecified atom stereocenters. The molecule has 0 radical (unpaired) electrons. The van der Waals surface area contributed by atoms with Crippen LogP contribution in [0.1, 0.15) is 12.0 Å². The average molecular weight is 270 g/mol. The second-order valence-corrected chi connectivity index (χ2v) is 5.68. The largest absolute Gasteiger partial charge is 0.268 e. The van der Waals surface area contributed by atoms with Gasteiger partial charge < -0.3 is 0 Å². The van der Waals surface area contributed by atoms with E-state index in [2.05, 4.69) is 16.3 Å². The van der Waals surface area contributed by atoms with Crippen LogP contribution >= 0.6 is 11.8 Å². The van der Waals surface area contributed by atoms with Crippen molar-refractivity contribution >= 4 is 11.8 Å². The Bertz CT molecular complexity index is 661. The maximum absolute atomic E-state index is 11.8. The first-order valence-electron chi connectivity index (χ1n) is 6.29. The lowest BCUT2D eigenvalue weighted by Crippen LogP contribution is -2.14. The minimum atomic E-state index is -0.0897. The minimum absolute atomic E-state index is 0.0897. The summed E-state index contributed by atoms with van der Waals surface area (Å²) in [7, 11) is 0. The Hall–Kier alpha value is -1.81. The van der Waals surface area contributed by atoms with Crippen LogP contribution in [0.15, 0.2) is 52.2 Å². The van der Waals surface area contributed by atoms with Gasteiger partial charge in [-0.15, -0.1) is 11.8 Å². The molecule has 0 aliphatic carbocycles. The normalized spacial score (nSPS) is 14.4. The van der Waals surface area contributed by atoms with Crippen molar-refractivity contribution < 1.29 is 0 Å². The average Bonchev–Trinajstić information content (AvgIpc) is 2.95. The van der Waals surface area contributed by atoms with Crippen LogP contribution in [-0.2, 0) is 6.42 Å². The van der Waals surface area contributed by atoms with Crippen molar-refractivity contribution in [3.63, 3.8) is 0 Å². The van der Waals surface area contributed by atoms with E-state index in [4.69, 9.17) is 0 Å². The first-order chi connectivity index (χ1) is 9.33. The first-order valence-corrected chi connectivity index (χ1v) is 7.27. The number of aromatic nitrogens is 2. The number of H-pyrrole nitrogens is 1. The fourth-order valence-corrected chi connectivity index (χ4v) is 3.10. The van der Waals surface area contributed by atoms with Gasteiger partial charge in [-0.2, -0.15) is 5.10 Å². The second kappa shape index (κ2) is 5.45. The van der Waals surface area contributed by atoms with Crippen molar-refractivity contribution in [1.29, 1.82) is 0 Å². The number of benzene rings is 1. The summed E-state index contributed by atoms with van der Waals surface area (Å²) in [5.41, 5.74) is 2.54. The maximum Gasteiger partial charge on any atom is 0.267 e. The van der Waals surface area contributed by atoms with E-state index in [0.29, 0.717) is 6.42 Å². The predicted octanol–water partition coefficient (Wildman–Crippen LogP) is 3.00. The third-order valence-corrected chi connectivity index (χ3v) is 4.21. The van der Waals surface area contributed by atoms with Gasteiger partial charge in [0.15, 0.2) is 0 Å². The van der Waals surface area contributed by atoms with Crippen LogP contribution in [0.4, 0.5) is 0 Å². The monoisotopic (exact) mass is 270 g/mol. The number of allylic oxidation sites excluding steroid dienone is 2. The van der Waals surface area contributed by atoms with Crippen molar-refractivity contribution in [3.8, 4) is 11.3 Å². The highest BCUT2D eigenvalue weighted by molar-refractivity contribution is 8.03. The first kappa shape index (κ1) is 12.2. The van der Waals surface area contributed by atoms with Crippen LogP contribution in [0, 0.1) is 0 Å². The van der Waals surface area contributed by atoms with E-state index in [1.54, 1.807) is 0 Å². The van der Waals surface area contributed by atoms with Crippen molar-refractivity contribution in [2.24, 2.45) is 0 Å². The number of hydrogen-bond acceptors (Lipinski definition) is 3. The summed E-state index contributed by atoms with van der Waals surface area (Å²) in [5, 5.41) is 6.72. The molecule has 4 heteroatoms. The zero-order valence-corrected chi connectivity index (χ0v) is 11.2. The number of aromatic amines is 1. The molecule has 0 spiro atoms. The van der Waals surface area contributed by atoms with Crippen molar-refractivity contribution in [3.05, 3.63) is 63.3 Å². The minimum Gasteiger partial charge on any atom is -0.268 e. The summed E-state index contributed by atoms with van der Waals surface area (Å²) < 4.78 is 0. The molecule has 19 heavy (non-hydrogen) atoms. The Kier molecular flexibility index (Phi) is 3.51. The Morgan fingerprint density at radius 3 is 2.84 bits per heavy atom. The summed E-state index contributed by atoms with van der Waals surface area (Å²) in [6, 6.07) is 11.8. The van der Waals surface area contributed by atoms with Crippen LogP contribution in [-0.4, -0.2) is 16.0 Å². The van der Waals surface area contributed by atoms with E-state index < -0.39 is 0 Å². The highest BCUT2D eigenvalue weighted by Gasteiger charge is 2.10. The highest BCUT2D eigenvalue weighted by Crippen LogP contribution is 2.27. The van der Waals surface area contributed by atoms with E-state index >= 15 is 0 Å². The Morgan fingerprint density at radius 1 is 1.26 bits per heavy atom. The van der Waals surface area contributed by atoms with Gasteiger partial charge in [-0.3, -0.25) is 4.79 Å². The molecule has 0 amide bonds. The van der Waals surface area contributed by atoms with Gasteiger partial charge in [0.05, 0.1) is 5.69 Å². The third-order valence-electron chi connectivity index (χ3n) is 3.09. The van der Waals surface area contributed by atoms with E-state index in [9.17, 15) is 4.79 Å². The van der Waals surface area contributed by atoms with Gasteiger partial charge in [0.2, 0.25) is 0 Å². The molecule has 1 aromatic heterocycles. The fraction of sp³-hybridized carbons (Fsp3) is 0.200. The zero-order valence-electron chi connectivity index (χ0n) is 10.4. The lowest BCUT2D eigenvalue weighted by Gasteiger charge is -2.04. The smallest absolute Gasteiger partial charge is 0.267 e. The van der Waals surface area contributed by atoms with Crippen molar-refractivity contribution in [1.82, 2.24) is 10.2 Å². The van der Waals surface area contributed by atoms with E-state index in [-0.39, 0.29) is 5.56 Å². The number of rotatable bonds is 3. The molecule has 3 nitrogen and oxygen atoms in total. The van der Waals surface area contributed by atoms with E-state index in [1.165, 1.54) is 4.91 Å². The van der Waals surface area contributed by atoms with Gasteiger partial charge >= 0.3 is 0 Å². The molecular formula is C15H14N2OS. The zero-order chi connectivity index (χ0) is 13.1. The molecule has 1 aliphatic rings. The molecule has 0 atom stereocenters. The molecule has 96 valence electrons. The molecule has 0 saturated heterocycles. The predicted molar refractivity (Wildman–Crippen MR) is 79.2 cm³/mol. The summed E-state index contributed by atoms with van der Waals surface area (Å²) >= 11 is 1.84. The molecule has 0 saturated carbocycles. The lowest BCUT2D eigenvalue weighted by molar-refractivity contribution is 0.959.